The van der Waals surface area contributed by atoms with Gasteiger partial charge in [-0.25, -0.2) is 27.0 Å². The summed E-state index contributed by atoms with van der Waals surface area (Å²) in [7, 11) is -7.68. The lowest BCUT2D eigenvalue weighted by molar-refractivity contribution is -0.138. The van der Waals surface area contributed by atoms with E-state index in [0.717, 1.165) is 57.8 Å². The number of carbonyl (C=O) groups is 2. The van der Waals surface area contributed by atoms with Crippen molar-refractivity contribution in [2.75, 3.05) is 31.9 Å². The van der Waals surface area contributed by atoms with Gasteiger partial charge < -0.3 is 20.4 Å². The molecule has 6 N–H and O–H groups in total. The number of carbonyl (C=O) groups excluding carboxylic acids is 2. The summed E-state index contributed by atoms with van der Waals surface area (Å²) in [5.41, 5.74) is 0. The minimum absolute atomic E-state index is 0.0165. The number of primary sulfonamides is 1. The van der Waals surface area contributed by atoms with Crippen LogP contribution in [0.1, 0.15) is 124 Å². The van der Waals surface area contributed by atoms with Gasteiger partial charge in [0, 0.05) is 38.0 Å². The maximum absolute atomic E-state index is 14.0. The van der Waals surface area contributed by atoms with E-state index in [1.54, 1.807) is 4.90 Å². The third kappa shape index (κ3) is 13.9. The van der Waals surface area contributed by atoms with E-state index in [4.69, 9.17) is 5.14 Å². The van der Waals surface area contributed by atoms with Gasteiger partial charge in [-0.05, 0) is 95.3 Å². The fourth-order valence-electron chi connectivity index (χ4n) is 8.13. The van der Waals surface area contributed by atoms with Gasteiger partial charge in [0.15, 0.2) is 0 Å². The molecule has 0 radical (unpaired) electrons. The number of aliphatic hydroxyl groups excluding tert-OH is 2. The summed E-state index contributed by atoms with van der Waals surface area (Å²) in [6, 6.07) is -0.754. The summed E-state index contributed by atoms with van der Waals surface area (Å²) < 4.78 is 51.5. The summed E-state index contributed by atoms with van der Waals surface area (Å²) in [6.45, 7) is 7.28. The molecule has 49 heavy (non-hydrogen) atoms. The van der Waals surface area contributed by atoms with E-state index in [2.05, 4.69) is 10.1 Å². The SMILES string of the molecule is CCCN(CC(O)C(CC1CCC(O)CC1)NC(=O)C1CC(C(=O)N(CCC)CCC)CC(S(N)(=O)=O)C1)NS(=O)(=O)CC1CCCCC1. The van der Waals surface area contributed by atoms with Gasteiger partial charge in [-0.2, -0.15) is 0 Å². The van der Waals surface area contributed by atoms with Crippen LogP contribution in [-0.2, 0) is 29.6 Å². The Hall–Kier alpha value is -1.36. The van der Waals surface area contributed by atoms with Crippen LogP contribution in [0.3, 0.4) is 0 Å². The molecule has 0 aromatic carbocycles. The first-order valence-electron chi connectivity index (χ1n) is 18.9. The third-order valence-electron chi connectivity index (χ3n) is 10.7. The molecule has 3 aliphatic rings. The van der Waals surface area contributed by atoms with E-state index in [1.807, 2.05) is 20.8 Å². The summed E-state index contributed by atoms with van der Waals surface area (Å²) in [4.78, 5) is 32.0. The van der Waals surface area contributed by atoms with Crippen molar-refractivity contribution < 1.29 is 36.6 Å². The highest BCUT2D eigenvalue weighted by molar-refractivity contribution is 7.89. The highest BCUT2D eigenvalue weighted by Crippen LogP contribution is 2.35. The fraction of sp³-hybridized carbons (Fsp3) is 0.941. The summed E-state index contributed by atoms with van der Waals surface area (Å²) in [5.74, 6) is -1.81. The van der Waals surface area contributed by atoms with Gasteiger partial charge in [0.25, 0.3) is 0 Å². The van der Waals surface area contributed by atoms with Gasteiger partial charge in [0.1, 0.15) is 0 Å². The maximum Gasteiger partial charge on any atom is 0.225 e. The Morgan fingerprint density at radius 1 is 0.816 bits per heavy atom. The average Bonchev–Trinajstić information content (AvgIpc) is 3.04. The van der Waals surface area contributed by atoms with Crippen molar-refractivity contribution in [3.8, 4) is 0 Å². The molecule has 0 saturated heterocycles. The van der Waals surface area contributed by atoms with Crippen LogP contribution < -0.4 is 15.3 Å². The van der Waals surface area contributed by atoms with Gasteiger partial charge in [-0.15, -0.1) is 4.83 Å². The molecule has 5 unspecified atom stereocenters. The molecule has 3 fully saturated rings. The molecule has 13 nitrogen and oxygen atoms in total. The molecule has 0 aliphatic heterocycles. The quantitative estimate of drug-likeness (QED) is 0.124. The van der Waals surface area contributed by atoms with Gasteiger partial charge >= 0.3 is 0 Å². The molecular formula is C34H65N5O8S2. The molecule has 15 heteroatoms. The molecule has 3 saturated carbocycles. The molecule has 2 amide bonds. The predicted octanol–water partition coefficient (Wildman–Crippen LogP) is 2.62. The van der Waals surface area contributed by atoms with E-state index in [0.29, 0.717) is 45.3 Å². The standard InChI is InChI=1S/C34H65N5O8S2/c1-4-16-38(17-5-2)34(43)28-20-27(21-30(22-28)49(35,46)47)33(42)36-31(19-25-12-14-29(40)15-13-25)32(41)23-39(18-6-3)37-48(44,45)24-26-10-8-7-9-11-26/h25-32,37,40-41H,4-24H2,1-3H3,(H,36,42)(H2,35,46,47). The van der Waals surface area contributed by atoms with Crippen LogP contribution in [0.2, 0.25) is 0 Å². The van der Waals surface area contributed by atoms with Gasteiger partial charge in [-0.1, -0.05) is 40.0 Å². The minimum atomic E-state index is -4.03. The first kappa shape index (κ1) is 42.1. The predicted molar refractivity (Wildman–Crippen MR) is 191 cm³/mol. The van der Waals surface area contributed by atoms with E-state index in [9.17, 15) is 36.6 Å². The van der Waals surface area contributed by atoms with Crippen molar-refractivity contribution in [2.45, 2.75) is 147 Å². The lowest BCUT2D eigenvalue weighted by atomic mass is 9.79. The molecule has 5 atom stereocenters. The first-order valence-corrected chi connectivity index (χ1v) is 22.1. The van der Waals surface area contributed by atoms with Crippen molar-refractivity contribution in [1.29, 1.82) is 0 Å². The molecule has 0 heterocycles. The summed E-state index contributed by atoms with van der Waals surface area (Å²) in [6.07, 6.45) is 8.94. The summed E-state index contributed by atoms with van der Waals surface area (Å²) >= 11 is 0. The van der Waals surface area contributed by atoms with Crippen LogP contribution in [-0.4, -0.2) is 104 Å². The van der Waals surface area contributed by atoms with Gasteiger partial charge in [0.2, 0.25) is 31.9 Å². The second-order valence-electron chi connectivity index (χ2n) is 15.1. The molecule has 0 aromatic heterocycles. The number of sulfonamides is 2. The van der Waals surface area contributed by atoms with Crippen molar-refractivity contribution in [2.24, 2.45) is 28.8 Å². The van der Waals surface area contributed by atoms with Crippen LogP contribution >= 0.6 is 0 Å². The lowest BCUT2D eigenvalue weighted by Gasteiger charge is -2.37. The maximum atomic E-state index is 14.0. The van der Waals surface area contributed by atoms with Crippen LogP contribution in [0.25, 0.3) is 0 Å². The average molecular weight is 736 g/mol. The fourth-order valence-corrected chi connectivity index (χ4v) is 10.7. The lowest BCUT2D eigenvalue weighted by Crippen LogP contribution is -2.55. The Labute approximate surface area is 295 Å². The largest absolute Gasteiger partial charge is 0.393 e. The number of rotatable bonds is 19. The number of hydrazine groups is 1. The van der Waals surface area contributed by atoms with Crippen molar-refractivity contribution in [3.63, 3.8) is 0 Å². The Balaban J connectivity index is 1.79. The van der Waals surface area contributed by atoms with Gasteiger partial charge in [-0.3, -0.25) is 9.59 Å². The number of amides is 2. The number of nitrogens with zero attached hydrogens (tertiary/aromatic N) is 2. The number of hydrogen-bond donors (Lipinski definition) is 5. The number of nitrogens with two attached hydrogens (primary N) is 1. The Bertz CT molecular complexity index is 1230. The third-order valence-corrected chi connectivity index (χ3v) is 13.5. The molecular weight excluding hydrogens is 671 g/mol. The van der Waals surface area contributed by atoms with E-state index in [1.165, 1.54) is 5.01 Å². The van der Waals surface area contributed by atoms with E-state index >= 15 is 0 Å². The number of hydrogen-bond acceptors (Lipinski definition) is 9. The van der Waals surface area contributed by atoms with Crippen LogP contribution in [0.15, 0.2) is 0 Å². The number of aliphatic hydroxyl groups is 2. The molecule has 3 rings (SSSR count). The second kappa shape index (κ2) is 20.0. The van der Waals surface area contributed by atoms with Crippen molar-refractivity contribution in [1.82, 2.24) is 20.1 Å². The number of nitrogens with one attached hydrogen (secondary N) is 2. The van der Waals surface area contributed by atoms with Crippen LogP contribution in [0, 0.1) is 23.7 Å². The highest BCUT2D eigenvalue weighted by atomic mass is 32.2. The Morgan fingerprint density at radius 3 is 1.98 bits per heavy atom. The van der Waals surface area contributed by atoms with Gasteiger partial charge in [0.05, 0.1) is 29.3 Å². The van der Waals surface area contributed by atoms with Crippen molar-refractivity contribution in [3.05, 3.63) is 0 Å². The highest BCUT2D eigenvalue weighted by Gasteiger charge is 2.42. The zero-order chi connectivity index (χ0) is 36.2. The van der Waals surface area contributed by atoms with Crippen molar-refractivity contribution >= 4 is 31.9 Å². The second-order valence-corrected chi connectivity index (χ2v) is 18.6. The Morgan fingerprint density at radius 2 is 1.41 bits per heavy atom. The molecule has 3 aliphatic carbocycles. The van der Waals surface area contributed by atoms with E-state index < -0.39 is 55.2 Å². The Kier molecular flexibility index (Phi) is 17.2. The monoisotopic (exact) mass is 735 g/mol. The normalized spacial score (nSPS) is 27.0. The zero-order valence-corrected chi connectivity index (χ0v) is 31.7. The minimum Gasteiger partial charge on any atom is -0.393 e. The van der Waals surface area contributed by atoms with E-state index in [-0.39, 0.29) is 55.4 Å². The molecule has 286 valence electrons. The summed E-state index contributed by atoms with van der Waals surface area (Å²) in [5, 5.41) is 30.8. The zero-order valence-electron chi connectivity index (χ0n) is 30.1. The molecule has 0 spiro atoms. The van der Waals surface area contributed by atoms with Crippen LogP contribution in [0.4, 0.5) is 0 Å². The first-order chi connectivity index (χ1) is 23.1. The van der Waals surface area contributed by atoms with Crippen LogP contribution in [0.5, 0.6) is 0 Å². The smallest absolute Gasteiger partial charge is 0.225 e. The topological polar surface area (TPSA) is 199 Å². The molecule has 0 aromatic rings. The molecule has 0 bridgehead atoms.